The second-order valence-corrected chi connectivity index (χ2v) is 10.8. The van der Waals surface area contributed by atoms with E-state index >= 15 is 0 Å². The minimum absolute atomic E-state index is 0. The molecule has 0 aliphatic carbocycles. The van der Waals surface area contributed by atoms with Crippen molar-refractivity contribution in [3.8, 4) is 0 Å². The van der Waals surface area contributed by atoms with Gasteiger partial charge in [0.25, 0.3) is 0 Å². The van der Waals surface area contributed by atoms with Crippen molar-refractivity contribution in [2.75, 3.05) is 7.05 Å². The molecule has 2 heteroatoms. The third-order valence-corrected chi connectivity index (χ3v) is 8.56. The van der Waals surface area contributed by atoms with E-state index in [1.54, 1.807) is 0 Å². The van der Waals surface area contributed by atoms with E-state index in [4.69, 9.17) is 0 Å². The second-order valence-electron chi connectivity index (χ2n) is 10.8. The minimum Gasteiger partial charge on any atom is -0.344 e. The number of aromatic nitrogens is 1. The molecule has 4 aromatic carbocycles. The van der Waals surface area contributed by atoms with E-state index in [2.05, 4.69) is 143 Å². The van der Waals surface area contributed by atoms with Crippen molar-refractivity contribution in [2.24, 2.45) is 7.05 Å². The van der Waals surface area contributed by atoms with Crippen LogP contribution in [0.15, 0.2) is 84.5 Å². The van der Waals surface area contributed by atoms with Crippen molar-refractivity contribution >= 4 is 49.9 Å². The molecule has 0 fully saturated rings. The highest BCUT2D eigenvalue weighted by molar-refractivity contribution is 6.20. The Morgan fingerprint density at radius 1 is 0.821 bits per heavy atom. The molecule has 5 aromatic rings. The number of hydrogen-bond acceptors (Lipinski definition) is 0. The van der Waals surface area contributed by atoms with E-state index in [0.717, 1.165) is 0 Å². The second kappa shape index (κ2) is 9.85. The fourth-order valence-corrected chi connectivity index (χ4v) is 6.10. The highest BCUT2D eigenvalue weighted by atomic mass is 15.0. The first-order valence-electron chi connectivity index (χ1n) is 13.4. The maximum absolute atomic E-state index is 2.32. The lowest BCUT2D eigenvalue weighted by Crippen LogP contribution is -2.11. The van der Waals surface area contributed by atoms with E-state index < -0.39 is 0 Å². The number of nitrogens with zero attached hydrogens (tertiary/aromatic N) is 2. The van der Waals surface area contributed by atoms with E-state index in [1.807, 2.05) is 0 Å². The maximum Gasteiger partial charge on any atom is 0.214 e. The van der Waals surface area contributed by atoms with Crippen LogP contribution in [0.5, 0.6) is 0 Å². The minimum atomic E-state index is 0. The van der Waals surface area contributed by atoms with E-state index in [1.165, 1.54) is 82.6 Å². The quantitative estimate of drug-likeness (QED) is 0.168. The van der Waals surface area contributed by atoms with Gasteiger partial charge in [0.05, 0.1) is 10.9 Å². The van der Waals surface area contributed by atoms with Gasteiger partial charge in [0.2, 0.25) is 11.4 Å². The Kier molecular flexibility index (Phi) is 6.68. The summed E-state index contributed by atoms with van der Waals surface area (Å²) >= 11 is 0. The third-order valence-electron chi connectivity index (χ3n) is 8.56. The molecule has 0 radical (unpaired) electrons. The topological polar surface area (TPSA) is 7.94 Å². The number of benzene rings is 4. The van der Waals surface area contributed by atoms with Gasteiger partial charge in [0, 0.05) is 40.8 Å². The van der Waals surface area contributed by atoms with Gasteiger partial charge in [-0.15, -0.1) is 0 Å². The summed E-state index contributed by atoms with van der Waals surface area (Å²) in [5.41, 5.74) is 11.8. The average Bonchev–Trinajstić information content (AvgIpc) is 3.33. The van der Waals surface area contributed by atoms with Crippen LogP contribution in [0, 0.1) is 27.7 Å². The molecule has 0 N–H and O–H groups in total. The maximum atomic E-state index is 2.32. The van der Waals surface area contributed by atoms with E-state index in [0.29, 0.717) is 0 Å². The van der Waals surface area contributed by atoms with Crippen molar-refractivity contribution in [2.45, 2.75) is 42.0 Å². The zero-order valence-corrected chi connectivity index (χ0v) is 23.5. The molecule has 0 atom stereocenters. The number of hydrogen-bond donors (Lipinski definition) is 0. The summed E-state index contributed by atoms with van der Waals surface area (Å²) in [6.07, 6.45) is 13.2. The van der Waals surface area contributed by atoms with Crippen LogP contribution in [-0.2, 0) is 7.05 Å². The molecule has 0 spiro atoms. The summed E-state index contributed by atoms with van der Waals surface area (Å²) in [6.45, 7) is 11.0. The summed E-state index contributed by atoms with van der Waals surface area (Å²) in [4.78, 5) is 0. The number of rotatable bonds is 4. The highest BCUT2D eigenvalue weighted by Gasteiger charge is 2.28. The molecule has 6 rings (SSSR count). The molecule has 196 valence electrons. The van der Waals surface area contributed by atoms with E-state index in [-0.39, 0.29) is 7.43 Å². The Bertz CT molecular complexity index is 1970. The first kappa shape index (κ1) is 26.4. The molecule has 0 amide bonds. The van der Waals surface area contributed by atoms with Crippen LogP contribution in [0.2, 0.25) is 0 Å². The Hall–Kier alpha value is -4.17. The summed E-state index contributed by atoms with van der Waals surface area (Å²) in [7, 11) is 4.34. The molecule has 39 heavy (non-hydrogen) atoms. The highest BCUT2D eigenvalue weighted by Crippen LogP contribution is 2.38. The fraction of sp³-hybridized carbons (Fsp3) is 0.216. The SMILES string of the molecule is C.CC(/C=C/C=c1c2cccc3c(C)c(C)cc(c32)n1C)=C\C=C\C1=[N+](C)c2cc(C)c(C)c3cccc1c23. The van der Waals surface area contributed by atoms with Gasteiger partial charge >= 0.3 is 0 Å². The third kappa shape index (κ3) is 4.06. The lowest BCUT2D eigenvalue weighted by Gasteiger charge is -2.06. The zero-order valence-electron chi connectivity index (χ0n) is 23.5. The predicted octanol–water partition coefficient (Wildman–Crippen LogP) is 8.69. The molecular weight excluding hydrogens is 472 g/mol. The van der Waals surface area contributed by atoms with Crippen molar-refractivity contribution < 1.29 is 4.58 Å². The molecule has 1 aliphatic rings. The van der Waals surface area contributed by atoms with Gasteiger partial charge in [-0.1, -0.05) is 67.6 Å². The van der Waals surface area contributed by atoms with Crippen molar-refractivity contribution in [1.29, 1.82) is 0 Å². The molecule has 1 aromatic heterocycles. The molecule has 0 saturated heterocycles. The zero-order chi connectivity index (χ0) is 26.7. The Morgan fingerprint density at radius 2 is 1.46 bits per heavy atom. The van der Waals surface area contributed by atoms with Crippen LogP contribution in [-0.4, -0.2) is 21.9 Å². The van der Waals surface area contributed by atoms with Gasteiger partial charge in [0.1, 0.15) is 7.05 Å². The van der Waals surface area contributed by atoms with Crippen LogP contribution in [0.25, 0.3) is 38.5 Å². The number of allylic oxidation sites excluding steroid dienone is 6. The molecule has 0 unspecified atom stereocenters. The smallest absolute Gasteiger partial charge is 0.214 e. The van der Waals surface area contributed by atoms with Crippen LogP contribution in [0.1, 0.15) is 42.2 Å². The summed E-state index contributed by atoms with van der Waals surface area (Å²) in [6, 6.07) is 18.0. The monoisotopic (exact) mass is 511 g/mol. The molecule has 2 heterocycles. The van der Waals surface area contributed by atoms with Gasteiger partial charge < -0.3 is 4.57 Å². The van der Waals surface area contributed by atoms with Crippen molar-refractivity contribution in [3.63, 3.8) is 0 Å². The molecule has 0 saturated carbocycles. The van der Waals surface area contributed by atoms with Gasteiger partial charge in [-0.2, -0.15) is 4.58 Å². The van der Waals surface area contributed by atoms with Gasteiger partial charge in [-0.25, -0.2) is 0 Å². The summed E-state index contributed by atoms with van der Waals surface area (Å²) < 4.78 is 4.64. The van der Waals surface area contributed by atoms with Crippen LogP contribution in [0.3, 0.4) is 0 Å². The molecular formula is C37H39N2+. The van der Waals surface area contributed by atoms with Crippen molar-refractivity contribution in [3.05, 3.63) is 118 Å². The van der Waals surface area contributed by atoms with Gasteiger partial charge in [0.15, 0.2) is 0 Å². The van der Waals surface area contributed by atoms with Crippen LogP contribution in [0.4, 0.5) is 5.69 Å². The molecule has 1 aliphatic heterocycles. The van der Waals surface area contributed by atoms with Gasteiger partial charge in [-0.05, 0) is 85.9 Å². The fourth-order valence-electron chi connectivity index (χ4n) is 6.10. The first-order valence-corrected chi connectivity index (χ1v) is 13.4. The van der Waals surface area contributed by atoms with E-state index in [9.17, 15) is 0 Å². The lowest BCUT2D eigenvalue weighted by atomic mass is 9.96. The Morgan fingerprint density at radius 3 is 2.21 bits per heavy atom. The molecule has 2 nitrogen and oxygen atoms in total. The standard InChI is InChI=1S/C36H35N2.CH4/c1-22(12-8-18-31-29-16-10-14-27-25(4)23(2)20-33(35(27)29)37(31)6)13-9-19-32-30-17-11-15-28-26(5)24(3)21-34(36(28)30)38(32)7;/h8-21H,1-7H3;1H4/q+1;. The van der Waals surface area contributed by atoms with Crippen LogP contribution < -0.4 is 5.35 Å². The Balaban J connectivity index is 0.00000308. The average molecular weight is 512 g/mol. The largest absolute Gasteiger partial charge is 0.344 e. The number of aryl methyl sites for hydroxylation is 5. The lowest BCUT2D eigenvalue weighted by molar-refractivity contribution is -0.399. The van der Waals surface area contributed by atoms with Crippen molar-refractivity contribution in [1.82, 2.24) is 4.57 Å². The summed E-state index contributed by atoms with van der Waals surface area (Å²) in [5.74, 6) is 0. The van der Waals surface area contributed by atoms with Gasteiger partial charge in [-0.3, -0.25) is 0 Å². The predicted molar refractivity (Wildman–Crippen MR) is 172 cm³/mol. The normalized spacial score (nSPS) is 14.3. The van der Waals surface area contributed by atoms with Crippen LogP contribution >= 0.6 is 0 Å². The summed E-state index contributed by atoms with van der Waals surface area (Å²) in [5, 5.41) is 8.01. The Labute approximate surface area is 232 Å². The first-order chi connectivity index (χ1) is 18.3. The molecule has 0 bridgehead atoms.